The van der Waals surface area contributed by atoms with E-state index in [1.807, 2.05) is 0 Å². The zero-order valence-corrected chi connectivity index (χ0v) is 45.4. The molecule has 6 nitrogen and oxygen atoms in total. The Morgan fingerprint density at radius 1 is 0.309 bits per heavy atom. The molecule has 1 atom stereocenters. The Labute approximate surface area is 422 Å². The van der Waals surface area contributed by atoms with Crippen molar-refractivity contribution in [2.75, 3.05) is 13.2 Å². The number of hydrogen-bond acceptors (Lipinski definition) is 6. The summed E-state index contributed by atoms with van der Waals surface area (Å²) in [5, 5.41) is 0. The summed E-state index contributed by atoms with van der Waals surface area (Å²) in [5.41, 5.74) is 0. The molecule has 0 aliphatic carbocycles. The molecule has 1 unspecified atom stereocenters. The third-order valence-electron chi connectivity index (χ3n) is 13.0. The van der Waals surface area contributed by atoms with E-state index in [1.165, 1.54) is 186 Å². The summed E-state index contributed by atoms with van der Waals surface area (Å²) in [6.45, 7) is 6.54. The Kier molecular flexibility index (Phi) is 54.8. The normalized spacial score (nSPS) is 12.3. The van der Waals surface area contributed by atoms with Gasteiger partial charge in [-0.3, -0.25) is 14.4 Å². The van der Waals surface area contributed by atoms with E-state index in [0.29, 0.717) is 19.3 Å². The highest BCUT2D eigenvalue weighted by atomic mass is 16.6. The van der Waals surface area contributed by atoms with Gasteiger partial charge in [0.05, 0.1) is 0 Å². The van der Waals surface area contributed by atoms with E-state index in [1.54, 1.807) is 0 Å². The van der Waals surface area contributed by atoms with Gasteiger partial charge in [0.2, 0.25) is 0 Å². The van der Waals surface area contributed by atoms with Crippen LogP contribution in [0, 0.1) is 0 Å². The van der Waals surface area contributed by atoms with Gasteiger partial charge in [-0.05, 0) is 96.3 Å². The fraction of sp³-hybridized carbons (Fsp3) is 0.823. The van der Waals surface area contributed by atoms with Crippen LogP contribution >= 0.6 is 0 Å². The minimum atomic E-state index is -0.782. The van der Waals surface area contributed by atoms with Crippen LogP contribution in [-0.2, 0) is 28.6 Å². The average molecular weight is 954 g/mol. The SMILES string of the molecule is CC/C=C\C/C=C\CCCCCCCC(=O)OCC(COC(=O)CCCCCCCCC/C=C\CCCCCCCCCC)OC(=O)CCCCCCCCC/C=C\CCCCCCCCCC. The maximum Gasteiger partial charge on any atom is 0.306 e. The Hall–Kier alpha value is -2.63. The molecule has 0 aliphatic heterocycles. The first-order chi connectivity index (χ1) is 33.5. The summed E-state index contributed by atoms with van der Waals surface area (Å²) in [6, 6.07) is 0. The van der Waals surface area contributed by atoms with Gasteiger partial charge in [-0.2, -0.15) is 0 Å². The zero-order valence-electron chi connectivity index (χ0n) is 45.4. The number of unbranched alkanes of at least 4 members (excludes halogenated alkanes) is 35. The van der Waals surface area contributed by atoms with Gasteiger partial charge in [0.1, 0.15) is 13.2 Å². The van der Waals surface area contributed by atoms with E-state index in [4.69, 9.17) is 14.2 Å². The van der Waals surface area contributed by atoms with E-state index in [0.717, 1.165) is 83.5 Å². The number of carbonyl (C=O) groups excluding carboxylic acids is 3. The molecule has 0 amide bonds. The van der Waals surface area contributed by atoms with Crippen LogP contribution in [0.25, 0.3) is 0 Å². The summed E-state index contributed by atoms with van der Waals surface area (Å²) >= 11 is 0. The number of hydrogen-bond donors (Lipinski definition) is 0. The minimum absolute atomic E-state index is 0.0802. The molecule has 0 aromatic carbocycles. The lowest BCUT2D eigenvalue weighted by atomic mass is 10.1. The molecule has 68 heavy (non-hydrogen) atoms. The summed E-state index contributed by atoms with van der Waals surface area (Å²) in [4.78, 5) is 38.2. The molecular weight excluding hydrogens is 841 g/mol. The lowest BCUT2D eigenvalue weighted by Crippen LogP contribution is -2.30. The van der Waals surface area contributed by atoms with Gasteiger partial charge in [0, 0.05) is 19.3 Å². The molecule has 396 valence electrons. The fourth-order valence-electron chi connectivity index (χ4n) is 8.59. The molecule has 0 saturated heterocycles. The molecule has 0 heterocycles. The monoisotopic (exact) mass is 953 g/mol. The number of carbonyl (C=O) groups is 3. The quantitative estimate of drug-likeness (QED) is 0.0262. The van der Waals surface area contributed by atoms with Gasteiger partial charge in [0.15, 0.2) is 6.10 Å². The average Bonchev–Trinajstić information content (AvgIpc) is 3.34. The smallest absolute Gasteiger partial charge is 0.306 e. The summed E-state index contributed by atoms with van der Waals surface area (Å²) in [6.07, 6.45) is 69.7. The van der Waals surface area contributed by atoms with Gasteiger partial charge in [0.25, 0.3) is 0 Å². The maximum atomic E-state index is 12.9. The van der Waals surface area contributed by atoms with Crippen molar-refractivity contribution < 1.29 is 28.6 Å². The second kappa shape index (κ2) is 57.0. The molecule has 0 saturated carbocycles. The highest BCUT2D eigenvalue weighted by molar-refractivity contribution is 5.71. The highest BCUT2D eigenvalue weighted by Gasteiger charge is 2.19. The molecular formula is C62H112O6. The van der Waals surface area contributed by atoms with Crippen LogP contribution in [0.2, 0.25) is 0 Å². The zero-order chi connectivity index (χ0) is 49.3. The molecule has 0 bridgehead atoms. The molecule has 0 spiro atoms. The topological polar surface area (TPSA) is 78.9 Å². The molecule has 6 heteroatoms. The van der Waals surface area contributed by atoms with Crippen LogP contribution in [-0.4, -0.2) is 37.2 Å². The van der Waals surface area contributed by atoms with E-state index >= 15 is 0 Å². The molecule has 0 aromatic rings. The van der Waals surface area contributed by atoms with Crippen LogP contribution in [0.5, 0.6) is 0 Å². The largest absolute Gasteiger partial charge is 0.462 e. The van der Waals surface area contributed by atoms with Crippen molar-refractivity contribution >= 4 is 17.9 Å². The van der Waals surface area contributed by atoms with Gasteiger partial charge in [-0.25, -0.2) is 0 Å². The van der Waals surface area contributed by atoms with Crippen LogP contribution in [0.15, 0.2) is 48.6 Å². The summed E-state index contributed by atoms with van der Waals surface area (Å²) in [5.74, 6) is -0.890. The Morgan fingerprint density at radius 3 is 0.897 bits per heavy atom. The standard InChI is InChI=1S/C62H112O6/c1-4-7-10-13-16-19-22-25-27-29-31-33-35-37-40-43-46-49-52-55-61(64)67-58-59(57-66-60(63)54-51-48-45-42-39-24-21-18-15-12-9-6-3)68-62(65)56-53-50-47-44-41-38-36-34-32-30-28-26-23-20-17-14-11-8-5-2/h9,12,18,21,29-32,59H,4-8,10-11,13-17,19-20,22-28,33-58H2,1-3H3/b12-9-,21-18-,31-29-,32-30-. The van der Waals surface area contributed by atoms with Crippen molar-refractivity contribution in [1.29, 1.82) is 0 Å². The third kappa shape index (κ3) is 54.3. The number of esters is 3. The molecule has 0 radical (unpaired) electrons. The molecule has 0 fully saturated rings. The van der Waals surface area contributed by atoms with Gasteiger partial charge in [-0.15, -0.1) is 0 Å². The van der Waals surface area contributed by atoms with E-state index in [2.05, 4.69) is 69.4 Å². The van der Waals surface area contributed by atoms with E-state index < -0.39 is 6.10 Å². The minimum Gasteiger partial charge on any atom is -0.462 e. The predicted molar refractivity (Wildman–Crippen MR) is 293 cm³/mol. The van der Waals surface area contributed by atoms with Crippen molar-refractivity contribution in [3.05, 3.63) is 48.6 Å². The second-order valence-corrected chi connectivity index (χ2v) is 19.9. The molecule has 0 aromatic heterocycles. The Balaban J connectivity index is 4.33. The van der Waals surface area contributed by atoms with Crippen LogP contribution in [0.3, 0.4) is 0 Å². The first kappa shape index (κ1) is 65.4. The lowest BCUT2D eigenvalue weighted by molar-refractivity contribution is -0.167. The van der Waals surface area contributed by atoms with Crippen LogP contribution in [0.1, 0.15) is 310 Å². The fourth-order valence-corrected chi connectivity index (χ4v) is 8.59. The van der Waals surface area contributed by atoms with Gasteiger partial charge < -0.3 is 14.2 Å². The third-order valence-corrected chi connectivity index (χ3v) is 13.0. The predicted octanol–water partition coefficient (Wildman–Crippen LogP) is 19.8. The Bertz CT molecular complexity index is 1190. The van der Waals surface area contributed by atoms with E-state index in [9.17, 15) is 14.4 Å². The summed E-state index contributed by atoms with van der Waals surface area (Å²) < 4.78 is 16.9. The first-order valence-electron chi connectivity index (χ1n) is 29.6. The number of ether oxygens (including phenoxy) is 3. The number of rotatable bonds is 54. The van der Waals surface area contributed by atoms with Crippen molar-refractivity contribution in [1.82, 2.24) is 0 Å². The second-order valence-electron chi connectivity index (χ2n) is 19.9. The molecule has 0 N–H and O–H groups in total. The summed E-state index contributed by atoms with van der Waals surface area (Å²) in [7, 11) is 0. The van der Waals surface area contributed by atoms with Crippen molar-refractivity contribution in [2.45, 2.75) is 316 Å². The van der Waals surface area contributed by atoms with Crippen molar-refractivity contribution in [3.63, 3.8) is 0 Å². The van der Waals surface area contributed by atoms with E-state index in [-0.39, 0.29) is 31.1 Å². The van der Waals surface area contributed by atoms with Gasteiger partial charge in [-0.1, -0.05) is 243 Å². The Morgan fingerprint density at radius 2 is 0.574 bits per heavy atom. The lowest BCUT2D eigenvalue weighted by Gasteiger charge is -2.18. The van der Waals surface area contributed by atoms with Crippen molar-refractivity contribution in [2.24, 2.45) is 0 Å². The van der Waals surface area contributed by atoms with Crippen LogP contribution in [0.4, 0.5) is 0 Å². The molecule has 0 rings (SSSR count). The first-order valence-corrected chi connectivity index (χ1v) is 29.6. The van der Waals surface area contributed by atoms with Crippen molar-refractivity contribution in [3.8, 4) is 0 Å². The van der Waals surface area contributed by atoms with Gasteiger partial charge >= 0.3 is 17.9 Å². The molecule has 0 aliphatic rings. The maximum absolute atomic E-state index is 12.9. The highest BCUT2D eigenvalue weighted by Crippen LogP contribution is 2.16. The number of allylic oxidation sites excluding steroid dienone is 8. The van der Waals surface area contributed by atoms with Crippen LogP contribution < -0.4 is 0 Å².